The third kappa shape index (κ3) is 3.68. The van der Waals surface area contributed by atoms with E-state index in [1.165, 1.54) is 18.3 Å². The van der Waals surface area contributed by atoms with Crippen LogP contribution in [0, 0.1) is 6.92 Å². The molecule has 0 aliphatic carbocycles. The van der Waals surface area contributed by atoms with Crippen LogP contribution in [0.1, 0.15) is 5.56 Å². The molecule has 1 amide bonds. The standard InChI is InChI=1S/C16H18N4O3/c1-12-2-4-14(17-10-12)19-6-8-20(9-7-19)16(22)23-15-5-3-13(21)11-18-15/h2-5,10-11,21H,6-9H2,1H3. The van der Waals surface area contributed by atoms with E-state index in [-0.39, 0.29) is 11.6 Å². The van der Waals surface area contributed by atoms with Crippen molar-refractivity contribution in [3.63, 3.8) is 0 Å². The predicted molar refractivity (Wildman–Crippen MR) is 84.7 cm³/mol. The first-order valence-corrected chi connectivity index (χ1v) is 7.41. The monoisotopic (exact) mass is 314 g/mol. The van der Waals surface area contributed by atoms with Gasteiger partial charge >= 0.3 is 6.09 Å². The number of hydrogen-bond acceptors (Lipinski definition) is 6. The Morgan fingerprint density at radius 1 is 1.09 bits per heavy atom. The number of aryl methyl sites for hydroxylation is 1. The number of hydrogen-bond donors (Lipinski definition) is 1. The number of ether oxygens (including phenoxy) is 1. The van der Waals surface area contributed by atoms with Crippen molar-refractivity contribution in [3.8, 4) is 11.6 Å². The van der Waals surface area contributed by atoms with Crippen molar-refractivity contribution in [2.75, 3.05) is 31.1 Å². The van der Waals surface area contributed by atoms with Gasteiger partial charge in [0.1, 0.15) is 11.6 Å². The lowest BCUT2D eigenvalue weighted by atomic mass is 10.3. The summed E-state index contributed by atoms with van der Waals surface area (Å²) in [4.78, 5) is 24.1. The van der Waals surface area contributed by atoms with Gasteiger partial charge < -0.3 is 19.6 Å². The number of anilines is 1. The zero-order valence-corrected chi connectivity index (χ0v) is 12.8. The molecule has 1 fully saturated rings. The van der Waals surface area contributed by atoms with Gasteiger partial charge in [-0.2, -0.15) is 0 Å². The Kier molecular flexibility index (Phi) is 4.27. The number of piperazine rings is 1. The SMILES string of the molecule is Cc1ccc(N2CCN(C(=O)Oc3ccc(O)cn3)CC2)nc1. The molecule has 23 heavy (non-hydrogen) atoms. The highest BCUT2D eigenvalue weighted by atomic mass is 16.6. The molecule has 3 heterocycles. The van der Waals surface area contributed by atoms with Crippen LogP contribution < -0.4 is 9.64 Å². The van der Waals surface area contributed by atoms with E-state index in [9.17, 15) is 4.79 Å². The molecular weight excluding hydrogens is 296 g/mol. The Morgan fingerprint density at radius 2 is 1.87 bits per heavy atom. The summed E-state index contributed by atoms with van der Waals surface area (Å²) < 4.78 is 5.20. The lowest BCUT2D eigenvalue weighted by Crippen LogP contribution is -2.49. The van der Waals surface area contributed by atoms with Gasteiger partial charge in [-0.3, -0.25) is 0 Å². The van der Waals surface area contributed by atoms with Crippen LogP contribution in [0.25, 0.3) is 0 Å². The topological polar surface area (TPSA) is 78.8 Å². The largest absolute Gasteiger partial charge is 0.506 e. The summed E-state index contributed by atoms with van der Waals surface area (Å²) in [5, 5.41) is 9.17. The van der Waals surface area contributed by atoms with Crippen LogP contribution >= 0.6 is 0 Å². The van der Waals surface area contributed by atoms with E-state index >= 15 is 0 Å². The molecule has 0 atom stereocenters. The maximum Gasteiger partial charge on any atom is 0.416 e. The highest BCUT2D eigenvalue weighted by molar-refractivity contribution is 5.70. The van der Waals surface area contributed by atoms with Crippen LogP contribution in [0.15, 0.2) is 36.7 Å². The van der Waals surface area contributed by atoms with Crippen molar-refractivity contribution in [2.45, 2.75) is 6.92 Å². The Morgan fingerprint density at radius 3 is 2.48 bits per heavy atom. The number of carbonyl (C=O) groups excluding carboxylic acids is 1. The van der Waals surface area contributed by atoms with E-state index in [1.807, 2.05) is 25.3 Å². The minimum Gasteiger partial charge on any atom is -0.506 e. The third-order valence-electron chi connectivity index (χ3n) is 3.67. The number of nitrogens with zero attached hydrogens (tertiary/aromatic N) is 4. The summed E-state index contributed by atoms with van der Waals surface area (Å²) in [6.07, 6.45) is 2.65. The molecule has 120 valence electrons. The molecule has 0 unspecified atom stereocenters. The summed E-state index contributed by atoms with van der Waals surface area (Å²) in [5.41, 5.74) is 1.12. The van der Waals surface area contributed by atoms with Gasteiger partial charge in [0.15, 0.2) is 0 Å². The number of aromatic nitrogens is 2. The molecule has 2 aromatic heterocycles. The van der Waals surface area contributed by atoms with Crippen LogP contribution in [0.4, 0.5) is 10.6 Å². The second-order valence-electron chi connectivity index (χ2n) is 5.39. The first-order chi connectivity index (χ1) is 11.1. The third-order valence-corrected chi connectivity index (χ3v) is 3.67. The number of carbonyl (C=O) groups is 1. The number of aromatic hydroxyl groups is 1. The van der Waals surface area contributed by atoms with Crippen molar-refractivity contribution in [3.05, 3.63) is 42.2 Å². The molecule has 1 N–H and O–H groups in total. The zero-order chi connectivity index (χ0) is 16.2. The van der Waals surface area contributed by atoms with Crippen LogP contribution in [0.2, 0.25) is 0 Å². The average Bonchev–Trinajstić information content (AvgIpc) is 2.58. The number of rotatable bonds is 2. The molecule has 1 saturated heterocycles. The second kappa shape index (κ2) is 6.51. The Balaban J connectivity index is 1.54. The minimum atomic E-state index is -0.431. The lowest BCUT2D eigenvalue weighted by Gasteiger charge is -2.34. The maximum atomic E-state index is 12.1. The molecule has 0 saturated carbocycles. The highest BCUT2D eigenvalue weighted by Crippen LogP contribution is 2.16. The Bertz CT molecular complexity index is 665. The molecule has 0 radical (unpaired) electrons. The van der Waals surface area contributed by atoms with Crippen molar-refractivity contribution in [2.24, 2.45) is 0 Å². The fourth-order valence-electron chi connectivity index (χ4n) is 2.35. The van der Waals surface area contributed by atoms with Crippen molar-refractivity contribution in [1.29, 1.82) is 0 Å². The normalized spacial score (nSPS) is 14.7. The molecule has 1 aliphatic rings. The van der Waals surface area contributed by atoms with Crippen molar-refractivity contribution >= 4 is 11.9 Å². The van der Waals surface area contributed by atoms with Gasteiger partial charge in [0.05, 0.1) is 6.20 Å². The molecule has 7 heteroatoms. The molecule has 2 aromatic rings. The van der Waals surface area contributed by atoms with Crippen molar-refractivity contribution < 1.29 is 14.6 Å². The second-order valence-corrected chi connectivity index (χ2v) is 5.39. The molecule has 1 aliphatic heterocycles. The molecule has 0 spiro atoms. The smallest absolute Gasteiger partial charge is 0.416 e. The molecule has 0 bridgehead atoms. The van der Waals surface area contributed by atoms with Crippen molar-refractivity contribution in [1.82, 2.24) is 14.9 Å². The van der Waals surface area contributed by atoms with E-state index < -0.39 is 6.09 Å². The van der Waals surface area contributed by atoms with Gasteiger partial charge in [-0.1, -0.05) is 6.07 Å². The quantitative estimate of drug-likeness (QED) is 0.911. The zero-order valence-electron chi connectivity index (χ0n) is 12.8. The average molecular weight is 314 g/mol. The summed E-state index contributed by atoms with van der Waals surface area (Å²) in [7, 11) is 0. The lowest BCUT2D eigenvalue weighted by molar-refractivity contribution is 0.147. The van der Waals surface area contributed by atoms with E-state index in [1.54, 1.807) is 4.90 Å². The van der Waals surface area contributed by atoms with Gasteiger partial charge in [0, 0.05) is 38.4 Å². The highest BCUT2D eigenvalue weighted by Gasteiger charge is 2.23. The van der Waals surface area contributed by atoms with Gasteiger partial charge in [-0.25, -0.2) is 14.8 Å². The molecule has 3 rings (SSSR count). The van der Waals surface area contributed by atoms with Gasteiger partial charge in [0.2, 0.25) is 5.88 Å². The van der Waals surface area contributed by atoms with Gasteiger partial charge in [-0.15, -0.1) is 0 Å². The van der Waals surface area contributed by atoms with E-state index in [4.69, 9.17) is 9.84 Å². The first-order valence-electron chi connectivity index (χ1n) is 7.41. The van der Waals surface area contributed by atoms with E-state index in [0.717, 1.165) is 11.4 Å². The van der Waals surface area contributed by atoms with Crippen LogP contribution in [0.3, 0.4) is 0 Å². The summed E-state index contributed by atoms with van der Waals surface area (Å²) in [6, 6.07) is 6.90. The van der Waals surface area contributed by atoms with Crippen LogP contribution in [-0.4, -0.2) is 52.2 Å². The minimum absolute atomic E-state index is 0.0315. The fraction of sp³-hybridized carbons (Fsp3) is 0.312. The number of pyridine rings is 2. The first kappa shape index (κ1) is 15.1. The van der Waals surface area contributed by atoms with E-state index in [2.05, 4.69) is 14.9 Å². The van der Waals surface area contributed by atoms with Gasteiger partial charge in [-0.05, 0) is 24.6 Å². The van der Waals surface area contributed by atoms with Crippen LogP contribution in [0.5, 0.6) is 11.6 Å². The molecule has 7 nitrogen and oxygen atoms in total. The summed E-state index contributed by atoms with van der Waals surface area (Å²) in [6.45, 7) is 4.53. The van der Waals surface area contributed by atoms with E-state index in [0.29, 0.717) is 26.2 Å². The summed E-state index contributed by atoms with van der Waals surface area (Å²) >= 11 is 0. The summed E-state index contributed by atoms with van der Waals surface area (Å²) in [5.74, 6) is 1.13. The Labute approximate surface area is 134 Å². The number of amides is 1. The maximum absolute atomic E-state index is 12.1. The predicted octanol–water partition coefficient (Wildman–Crippen LogP) is 1.81. The van der Waals surface area contributed by atoms with Gasteiger partial charge in [0.25, 0.3) is 0 Å². The molecular formula is C16H18N4O3. The fourth-order valence-corrected chi connectivity index (χ4v) is 2.35. The molecule has 0 aromatic carbocycles. The van der Waals surface area contributed by atoms with Crippen LogP contribution in [-0.2, 0) is 0 Å². The Hall–Kier alpha value is -2.83.